The molecule has 7 nitrogen and oxygen atoms in total. The Morgan fingerprint density at radius 3 is 2.82 bits per heavy atom. The lowest BCUT2D eigenvalue weighted by atomic mass is 10.1. The Kier molecular flexibility index (Phi) is 6.07. The number of piperazine rings is 1. The second-order valence-electron chi connectivity index (χ2n) is 8.46. The van der Waals surface area contributed by atoms with Crippen LogP contribution in [0.4, 0.5) is 5.69 Å². The topological polar surface area (TPSA) is 85.5 Å². The van der Waals surface area contributed by atoms with Gasteiger partial charge in [-0.1, -0.05) is 12.2 Å². The highest BCUT2D eigenvalue weighted by molar-refractivity contribution is 5.93. The van der Waals surface area contributed by atoms with Gasteiger partial charge in [0.05, 0.1) is 18.7 Å². The van der Waals surface area contributed by atoms with Crippen molar-refractivity contribution in [2.45, 2.75) is 6.42 Å². The lowest BCUT2D eigenvalue weighted by Crippen LogP contribution is -2.46. The molecule has 1 aliphatic rings. The molecule has 0 saturated carbocycles. The van der Waals surface area contributed by atoms with Crippen molar-refractivity contribution in [2.75, 3.05) is 44.7 Å². The van der Waals surface area contributed by atoms with Gasteiger partial charge in [-0.25, -0.2) is 4.79 Å². The summed E-state index contributed by atoms with van der Waals surface area (Å²) in [7, 11) is 1.35. The molecule has 1 N–H and O–H groups in total. The molecule has 0 radical (unpaired) electrons. The van der Waals surface area contributed by atoms with Crippen molar-refractivity contribution in [3.8, 4) is 6.07 Å². The van der Waals surface area contributed by atoms with E-state index in [1.54, 1.807) is 6.07 Å². The van der Waals surface area contributed by atoms with Gasteiger partial charge in [0.25, 0.3) is 0 Å². The average Bonchev–Trinajstić information content (AvgIpc) is 3.49. The molecular weight excluding hydrogens is 428 g/mol. The molecule has 0 amide bonds. The maximum Gasteiger partial charge on any atom is 0.373 e. The molecule has 0 unspecified atom stereocenters. The van der Waals surface area contributed by atoms with Crippen molar-refractivity contribution >= 4 is 39.6 Å². The van der Waals surface area contributed by atoms with Crippen LogP contribution in [0.25, 0.3) is 27.9 Å². The lowest BCUT2D eigenvalue weighted by molar-refractivity contribution is 0.0567. The van der Waals surface area contributed by atoms with E-state index in [-0.39, 0.29) is 5.76 Å². The Morgan fingerprint density at radius 1 is 1.18 bits per heavy atom. The summed E-state index contributed by atoms with van der Waals surface area (Å²) in [6, 6.07) is 15.7. The molecule has 0 spiro atoms. The second-order valence-corrected chi connectivity index (χ2v) is 8.46. The van der Waals surface area contributed by atoms with Crippen LogP contribution in [0.15, 0.2) is 59.2 Å². The fraction of sp³-hybridized carbons (Fsp3) is 0.259. The summed E-state index contributed by atoms with van der Waals surface area (Å²) in [5.41, 5.74) is 4.66. The molecule has 2 aromatic heterocycles. The quantitative estimate of drug-likeness (QED) is 0.421. The Balaban J connectivity index is 1.15. The number of rotatable bonds is 6. The number of benzene rings is 2. The number of carbonyl (C=O) groups excluding carboxylic acids is 1. The van der Waals surface area contributed by atoms with Crippen molar-refractivity contribution in [3.05, 3.63) is 71.6 Å². The number of esters is 1. The van der Waals surface area contributed by atoms with Crippen LogP contribution in [0.5, 0.6) is 0 Å². The van der Waals surface area contributed by atoms with Gasteiger partial charge in [0.1, 0.15) is 5.58 Å². The molecule has 1 saturated heterocycles. The van der Waals surface area contributed by atoms with Crippen LogP contribution in [0.2, 0.25) is 0 Å². The summed E-state index contributed by atoms with van der Waals surface area (Å²) in [6.45, 7) is 4.93. The number of hydrogen-bond donors (Lipinski definition) is 1. The maximum atomic E-state index is 11.7. The maximum absolute atomic E-state index is 11.7. The number of methoxy groups -OCH3 is 1. The number of hydrogen-bond acceptors (Lipinski definition) is 6. The zero-order valence-corrected chi connectivity index (χ0v) is 19.1. The first-order valence-electron chi connectivity index (χ1n) is 11.4. The van der Waals surface area contributed by atoms with Gasteiger partial charge in [0, 0.05) is 60.9 Å². The Labute approximate surface area is 197 Å². The fourth-order valence-corrected chi connectivity index (χ4v) is 4.48. The molecule has 172 valence electrons. The molecule has 0 bridgehead atoms. The van der Waals surface area contributed by atoms with E-state index < -0.39 is 5.97 Å². The normalized spacial score (nSPS) is 14.8. The number of aromatic amines is 1. The summed E-state index contributed by atoms with van der Waals surface area (Å²) in [4.78, 5) is 19.8. The third kappa shape index (κ3) is 4.41. The van der Waals surface area contributed by atoms with Crippen molar-refractivity contribution < 1.29 is 13.9 Å². The van der Waals surface area contributed by atoms with Crippen LogP contribution in [0, 0.1) is 11.3 Å². The highest BCUT2D eigenvalue weighted by atomic mass is 16.5. The van der Waals surface area contributed by atoms with Gasteiger partial charge < -0.3 is 19.0 Å². The molecule has 2 aromatic carbocycles. The minimum Gasteiger partial charge on any atom is -0.463 e. The summed E-state index contributed by atoms with van der Waals surface area (Å²) in [5.74, 6) is -0.234. The van der Waals surface area contributed by atoms with Gasteiger partial charge in [0.15, 0.2) is 0 Å². The Hall–Kier alpha value is -4.02. The van der Waals surface area contributed by atoms with Crippen molar-refractivity contribution in [1.82, 2.24) is 9.88 Å². The molecule has 0 aliphatic carbocycles. The fourth-order valence-electron chi connectivity index (χ4n) is 4.48. The van der Waals surface area contributed by atoms with Crippen molar-refractivity contribution in [2.24, 2.45) is 0 Å². The first-order valence-corrected chi connectivity index (χ1v) is 11.4. The summed E-state index contributed by atoms with van der Waals surface area (Å²) in [6.07, 6.45) is 7.31. The number of H-pyrrole nitrogens is 1. The van der Waals surface area contributed by atoms with Crippen LogP contribution in [0.3, 0.4) is 0 Å². The smallest absolute Gasteiger partial charge is 0.373 e. The number of fused-ring (bicyclic) bond motifs is 2. The number of nitriles is 1. The molecule has 3 heterocycles. The predicted molar refractivity (Wildman–Crippen MR) is 133 cm³/mol. The van der Waals surface area contributed by atoms with Crippen LogP contribution >= 0.6 is 0 Å². The predicted octanol–water partition coefficient (Wildman–Crippen LogP) is 4.80. The van der Waals surface area contributed by atoms with Crippen molar-refractivity contribution in [3.63, 3.8) is 0 Å². The number of anilines is 1. The van der Waals surface area contributed by atoms with Crippen LogP contribution in [-0.4, -0.2) is 55.7 Å². The van der Waals surface area contributed by atoms with Gasteiger partial charge in [-0.3, -0.25) is 4.90 Å². The monoisotopic (exact) mass is 454 g/mol. The van der Waals surface area contributed by atoms with Gasteiger partial charge >= 0.3 is 5.97 Å². The largest absolute Gasteiger partial charge is 0.463 e. The first kappa shape index (κ1) is 21.8. The van der Waals surface area contributed by atoms with Crippen molar-refractivity contribution in [1.29, 1.82) is 5.26 Å². The van der Waals surface area contributed by atoms with Crippen LogP contribution in [-0.2, 0) is 4.74 Å². The third-order valence-electron chi connectivity index (χ3n) is 6.38. The van der Waals surface area contributed by atoms with E-state index in [1.165, 1.54) is 7.11 Å². The Bertz CT molecular complexity index is 1400. The molecular formula is C27H26N4O3. The zero-order chi connectivity index (χ0) is 23.5. The van der Waals surface area contributed by atoms with Crippen LogP contribution < -0.4 is 4.90 Å². The lowest BCUT2D eigenvalue weighted by Gasteiger charge is -2.36. The Morgan fingerprint density at radius 2 is 2.03 bits per heavy atom. The van der Waals surface area contributed by atoms with E-state index in [4.69, 9.17) is 14.4 Å². The summed E-state index contributed by atoms with van der Waals surface area (Å²) >= 11 is 0. The van der Waals surface area contributed by atoms with Gasteiger partial charge in [-0.05, 0) is 54.4 Å². The minimum atomic E-state index is -0.461. The van der Waals surface area contributed by atoms with E-state index in [1.807, 2.05) is 36.5 Å². The minimum absolute atomic E-state index is 0.227. The van der Waals surface area contributed by atoms with E-state index >= 15 is 0 Å². The van der Waals surface area contributed by atoms with Gasteiger partial charge in [-0.2, -0.15) is 5.26 Å². The molecule has 7 heteroatoms. The standard InChI is InChI=1S/C27H26N4O3/c1-33-27(32)26-16-21-15-22(6-8-25(21)34-26)31-12-10-30(11-13-31)9-3-2-4-20-18-29-24-7-5-19(17-28)14-23(20)24/h2,4-8,14-16,18,29H,3,9-13H2,1H3. The number of aromatic nitrogens is 1. The third-order valence-corrected chi connectivity index (χ3v) is 6.38. The van der Waals surface area contributed by atoms with Gasteiger partial charge in [0.2, 0.25) is 5.76 Å². The molecule has 1 aliphatic heterocycles. The van der Waals surface area contributed by atoms with E-state index in [9.17, 15) is 4.79 Å². The highest BCUT2D eigenvalue weighted by Crippen LogP contribution is 2.26. The molecule has 1 fully saturated rings. The number of furan rings is 1. The average molecular weight is 455 g/mol. The first-order chi connectivity index (χ1) is 16.6. The highest BCUT2D eigenvalue weighted by Gasteiger charge is 2.18. The second kappa shape index (κ2) is 9.46. The molecule has 5 rings (SSSR count). The SMILES string of the molecule is COC(=O)c1cc2cc(N3CCN(CCC=Cc4c[nH]c5ccc(C#N)cc45)CC3)ccc2o1. The summed E-state index contributed by atoms with van der Waals surface area (Å²) in [5, 5.41) is 11.1. The van der Waals surface area contributed by atoms with E-state index in [2.05, 4.69) is 39.1 Å². The molecule has 0 atom stereocenters. The van der Waals surface area contributed by atoms with E-state index in [0.29, 0.717) is 11.1 Å². The molecule has 34 heavy (non-hydrogen) atoms. The number of nitrogens with one attached hydrogen (secondary N) is 1. The summed E-state index contributed by atoms with van der Waals surface area (Å²) < 4.78 is 10.3. The van der Waals surface area contributed by atoms with Crippen LogP contribution in [0.1, 0.15) is 28.1 Å². The molecule has 4 aromatic rings. The number of carbonyl (C=O) groups is 1. The van der Waals surface area contributed by atoms with E-state index in [0.717, 1.165) is 66.7 Å². The number of ether oxygens (including phenoxy) is 1. The zero-order valence-electron chi connectivity index (χ0n) is 19.1. The van der Waals surface area contributed by atoms with Gasteiger partial charge in [-0.15, -0.1) is 0 Å². The number of nitrogens with zero attached hydrogens (tertiary/aromatic N) is 3.